The zero-order chi connectivity index (χ0) is 16.6. The molecule has 1 aliphatic heterocycles. The van der Waals surface area contributed by atoms with E-state index in [2.05, 4.69) is 15.3 Å². The van der Waals surface area contributed by atoms with Crippen LogP contribution in [-0.4, -0.2) is 39.3 Å². The molecule has 2 N–H and O–H groups in total. The average Bonchev–Trinajstić information content (AvgIpc) is 2.96. The molecule has 0 aliphatic carbocycles. The second kappa shape index (κ2) is 6.02. The molecule has 23 heavy (non-hydrogen) atoms. The summed E-state index contributed by atoms with van der Waals surface area (Å²) in [6, 6.07) is 1.46. The zero-order valence-electron chi connectivity index (χ0n) is 13.7. The summed E-state index contributed by atoms with van der Waals surface area (Å²) in [5, 5.41) is 3.82. The Balaban J connectivity index is 1.89. The molecule has 2 aromatic rings. The van der Waals surface area contributed by atoms with Crippen molar-refractivity contribution in [1.29, 1.82) is 0 Å². The largest absolute Gasteiger partial charge is 0.354 e. The van der Waals surface area contributed by atoms with Gasteiger partial charge in [0.15, 0.2) is 0 Å². The fourth-order valence-electron chi connectivity index (χ4n) is 3.06. The second-order valence-corrected chi connectivity index (χ2v) is 6.39. The molecule has 1 atom stereocenters. The van der Waals surface area contributed by atoms with Gasteiger partial charge >= 0.3 is 0 Å². The lowest BCUT2D eigenvalue weighted by Gasteiger charge is -2.33. The molecule has 0 bridgehead atoms. The highest BCUT2D eigenvalue weighted by atomic mass is 16.2. The summed E-state index contributed by atoms with van der Waals surface area (Å²) in [7, 11) is 0. The molecule has 122 valence electrons. The SMILES string of the molecule is CCC(C(=O)NCC(C)C)N1Cc2ccnc3[nH]cc(c23)C1=O. The van der Waals surface area contributed by atoms with Crippen molar-refractivity contribution in [3.63, 3.8) is 0 Å². The highest BCUT2D eigenvalue weighted by Crippen LogP contribution is 2.30. The minimum Gasteiger partial charge on any atom is -0.354 e. The van der Waals surface area contributed by atoms with E-state index in [1.54, 1.807) is 17.3 Å². The lowest BCUT2D eigenvalue weighted by atomic mass is 10.00. The Kier molecular flexibility index (Phi) is 4.07. The van der Waals surface area contributed by atoms with Gasteiger partial charge in [0.2, 0.25) is 5.91 Å². The molecule has 3 rings (SSSR count). The molecule has 0 saturated carbocycles. The average molecular weight is 314 g/mol. The Hall–Kier alpha value is -2.37. The van der Waals surface area contributed by atoms with Crippen molar-refractivity contribution >= 4 is 22.8 Å². The van der Waals surface area contributed by atoms with Crippen LogP contribution in [0, 0.1) is 5.92 Å². The van der Waals surface area contributed by atoms with Crippen molar-refractivity contribution in [3.8, 4) is 0 Å². The molecular weight excluding hydrogens is 292 g/mol. The second-order valence-electron chi connectivity index (χ2n) is 6.39. The van der Waals surface area contributed by atoms with Crippen LogP contribution in [0.4, 0.5) is 0 Å². The van der Waals surface area contributed by atoms with Gasteiger partial charge in [-0.05, 0) is 24.0 Å². The van der Waals surface area contributed by atoms with Crippen molar-refractivity contribution in [2.75, 3.05) is 6.54 Å². The molecule has 6 nitrogen and oxygen atoms in total. The number of aromatic nitrogens is 2. The standard InChI is InChI=1S/C17H22N4O2/c1-4-13(16(22)20-7-10(2)3)21-9-11-5-6-18-15-14(11)12(8-19-15)17(21)23/h5-6,8,10,13H,4,7,9H2,1-3H3,(H,18,19)(H,20,22). The fourth-order valence-corrected chi connectivity index (χ4v) is 3.06. The molecule has 0 aromatic carbocycles. The summed E-state index contributed by atoms with van der Waals surface area (Å²) in [5.41, 5.74) is 2.35. The van der Waals surface area contributed by atoms with E-state index in [4.69, 9.17) is 0 Å². The Morgan fingerprint density at radius 2 is 2.26 bits per heavy atom. The number of H-pyrrole nitrogens is 1. The fraction of sp³-hybridized carbons (Fsp3) is 0.471. The third kappa shape index (κ3) is 2.69. The Labute approximate surface area is 135 Å². The van der Waals surface area contributed by atoms with Crippen LogP contribution in [-0.2, 0) is 11.3 Å². The smallest absolute Gasteiger partial charge is 0.257 e. The topological polar surface area (TPSA) is 78.1 Å². The third-order valence-electron chi connectivity index (χ3n) is 4.24. The Morgan fingerprint density at radius 3 is 2.96 bits per heavy atom. The van der Waals surface area contributed by atoms with Crippen LogP contribution in [0.5, 0.6) is 0 Å². The monoisotopic (exact) mass is 314 g/mol. The maximum Gasteiger partial charge on any atom is 0.257 e. The normalized spacial score (nSPS) is 15.3. The van der Waals surface area contributed by atoms with E-state index in [0.717, 1.165) is 16.6 Å². The number of carbonyl (C=O) groups excluding carboxylic acids is 2. The number of carbonyl (C=O) groups is 2. The minimum atomic E-state index is -0.451. The van der Waals surface area contributed by atoms with Gasteiger partial charge in [0.1, 0.15) is 11.7 Å². The van der Waals surface area contributed by atoms with E-state index in [1.165, 1.54) is 0 Å². The lowest BCUT2D eigenvalue weighted by molar-refractivity contribution is -0.126. The number of pyridine rings is 1. The van der Waals surface area contributed by atoms with Crippen molar-refractivity contribution in [2.24, 2.45) is 5.92 Å². The predicted octanol–water partition coefficient (Wildman–Crippen LogP) is 2.07. The first-order chi connectivity index (χ1) is 11.0. The van der Waals surface area contributed by atoms with Crippen LogP contribution >= 0.6 is 0 Å². The summed E-state index contributed by atoms with van der Waals surface area (Å²) in [5.74, 6) is 0.187. The van der Waals surface area contributed by atoms with E-state index < -0.39 is 6.04 Å². The molecule has 0 spiro atoms. The van der Waals surface area contributed by atoms with Gasteiger partial charge in [0.05, 0.1) is 5.56 Å². The summed E-state index contributed by atoms with van der Waals surface area (Å²) >= 11 is 0. The first kappa shape index (κ1) is 15.5. The maximum atomic E-state index is 12.8. The quantitative estimate of drug-likeness (QED) is 0.887. The molecule has 3 heterocycles. The van der Waals surface area contributed by atoms with Gasteiger partial charge < -0.3 is 15.2 Å². The number of hydrogen-bond acceptors (Lipinski definition) is 3. The molecule has 2 amide bonds. The highest BCUT2D eigenvalue weighted by Gasteiger charge is 2.34. The zero-order valence-corrected chi connectivity index (χ0v) is 13.7. The lowest BCUT2D eigenvalue weighted by Crippen LogP contribution is -2.50. The highest BCUT2D eigenvalue weighted by molar-refractivity contribution is 6.10. The van der Waals surface area contributed by atoms with Crippen LogP contribution in [0.25, 0.3) is 11.0 Å². The number of nitrogens with zero attached hydrogens (tertiary/aromatic N) is 2. The van der Waals surface area contributed by atoms with E-state index in [0.29, 0.717) is 31.0 Å². The van der Waals surface area contributed by atoms with Crippen molar-refractivity contribution < 1.29 is 9.59 Å². The molecule has 1 aliphatic rings. The number of hydrogen-bond donors (Lipinski definition) is 2. The van der Waals surface area contributed by atoms with E-state index in [-0.39, 0.29) is 11.8 Å². The van der Waals surface area contributed by atoms with Crippen LogP contribution in [0.1, 0.15) is 43.1 Å². The molecule has 0 saturated heterocycles. The van der Waals surface area contributed by atoms with Gasteiger partial charge in [-0.1, -0.05) is 20.8 Å². The van der Waals surface area contributed by atoms with E-state index in [9.17, 15) is 9.59 Å². The van der Waals surface area contributed by atoms with Crippen LogP contribution < -0.4 is 5.32 Å². The van der Waals surface area contributed by atoms with E-state index >= 15 is 0 Å². The number of nitrogens with one attached hydrogen (secondary N) is 2. The number of rotatable bonds is 5. The van der Waals surface area contributed by atoms with Gasteiger partial charge in [0, 0.05) is 30.9 Å². The first-order valence-corrected chi connectivity index (χ1v) is 8.06. The van der Waals surface area contributed by atoms with Gasteiger partial charge in [0.25, 0.3) is 5.91 Å². The summed E-state index contributed by atoms with van der Waals surface area (Å²) in [4.78, 5) is 34.2. The summed E-state index contributed by atoms with van der Waals surface area (Å²) < 4.78 is 0. The Morgan fingerprint density at radius 1 is 1.48 bits per heavy atom. The van der Waals surface area contributed by atoms with Crippen molar-refractivity contribution in [2.45, 2.75) is 39.8 Å². The van der Waals surface area contributed by atoms with Gasteiger partial charge in [-0.3, -0.25) is 9.59 Å². The number of aromatic amines is 1. The van der Waals surface area contributed by atoms with Crippen LogP contribution in [0.2, 0.25) is 0 Å². The molecular formula is C17H22N4O2. The van der Waals surface area contributed by atoms with Crippen molar-refractivity contribution in [3.05, 3.63) is 29.6 Å². The Bertz CT molecular complexity index is 750. The van der Waals surface area contributed by atoms with Crippen LogP contribution in [0.3, 0.4) is 0 Å². The van der Waals surface area contributed by atoms with Crippen LogP contribution in [0.15, 0.2) is 18.5 Å². The molecule has 6 heteroatoms. The summed E-state index contributed by atoms with van der Waals surface area (Å²) in [6.07, 6.45) is 4.00. The first-order valence-electron chi connectivity index (χ1n) is 8.06. The minimum absolute atomic E-state index is 0.0844. The maximum absolute atomic E-state index is 12.8. The van der Waals surface area contributed by atoms with E-state index in [1.807, 2.05) is 26.8 Å². The molecule has 0 fully saturated rings. The van der Waals surface area contributed by atoms with Gasteiger partial charge in [-0.25, -0.2) is 4.98 Å². The molecule has 2 aromatic heterocycles. The predicted molar refractivity (Wildman–Crippen MR) is 87.9 cm³/mol. The molecule has 0 radical (unpaired) electrons. The third-order valence-corrected chi connectivity index (χ3v) is 4.24. The van der Waals surface area contributed by atoms with Gasteiger partial charge in [-0.15, -0.1) is 0 Å². The number of amides is 2. The molecule has 1 unspecified atom stereocenters. The summed E-state index contributed by atoms with van der Waals surface area (Å²) in [6.45, 7) is 7.09. The van der Waals surface area contributed by atoms with Crippen molar-refractivity contribution in [1.82, 2.24) is 20.2 Å². The van der Waals surface area contributed by atoms with Gasteiger partial charge in [-0.2, -0.15) is 0 Å².